The molecular formula is C25H23BrFN5O2. The SMILES string of the molecule is CN(C)/C=N/c1c(C(=O)c2ccc(F)c3nn(C4CCCCO4)cc23)cc(Br)c2cnccc12. The molecule has 0 N–H and O–H groups in total. The second-order valence-corrected chi connectivity index (χ2v) is 9.36. The fourth-order valence-corrected chi connectivity index (χ4v) is 4.75. The lowest BCUT2D eigenvalue weighted by molar-refractivity contribution is -0.0391. The van der Waals surface area contributed by atoms with Crippen LogP contribution in [0.15, 0.2) is 52.3 Å². The van der Waals surface area contributed by atoms with Crippen molar-refractivity contribution in [2.24, 2.45) is 4.99 Å². The molecule has 3 heterocycles. The van der Waals surface area contributed by atoms with Gasteiger partial charge < -0.3 is 9.64 Å². The van der Waals surface area contributed by atoms with Crippen LogP contribution in [0, 0.1) is 5.82 Å². The zero-order valence-electron chi connectivity index (χ0n) is 18.8. The van der Waals surface area contributed by atoms with Gasteiger partial charge in [0.25, 0.3) is 0 Å². The highest BCUT2D eigenvalue weighted by Crippen LogP contribution is 2.37. The molecule has 34 heavy (non-hydrogen) atoms. The van der Waals surface area contributed by atoms with Crippen LogP contribution < -0.4 is 0 Å². The van der Waals surface area contributed by atoms with Crippen LogP contribution in [0.25, 0.3) is 21.7 Å². The summed E-state index contributed by atoms with van der Waals surface area (Å²) in [5.74, 6) is -0.739. The van der Waals surface area contributed by atoms with Crippen molar-refractivity contribution >= 4 is 55.4 Å². The fourth-order valence-electron chi connectivity index (χ4n) is 4.21. The van der Waals surface area contributed by atoms with Crippen LogP contribution in [0.1, 0.15) is 41.4 Å². The minimum absolute atomic E-state index is 0.155. The standard InChI is InChI=1S/C25H23BrFN5O2/c1-31(2)14-29-23-15-8-9-28-12-18(15)20(26)11-17(23)25(33)16-6-7-21(27)24-19(16)13-32(30-24)22-5-3-4-10-34-22/h6-9,11-14,22H,3-5,10H2,1-2H3/b29-14+. The summed E-state index contributed by atoms with van der Waals surface area (Å²) in [4.78, 5) is 24.5. The number of hydrogen-bond acceptors (Lipinski definition) is 5. The smallest absolute Gasteiger partial charge is 0.196 e. The molecule has 0 spiro atoms. The third kappa shape index (κ3) is 4.10. The highest BCUT2D eigenvalue weighted by molar-refractivity contribution is 9.10. The van der Waals surface area contributed by atoms with Crippen molar-refractivity contribution in [3.8, 4) is 0 Å². The minimum atomic E-state index is -0.474. The van der Waals surface area contributed by atoms with Gasteiger partial charge in [-0.1, -0.05) is 15.9 Å². The van der Waals surface area contributed by atoms with Crippen LogP contribution in [-0.4, -0.2) is 52.5 Å². The second-order valence-electron chi connectivity index (χ2n) is 8.50. The molecule has 5 rings (SSSR count). The Balaban J connectivity index is 1.68. The van der Waals surface area contributed by atoms with E-state index in [9.17, 15) is 9.18 Å². The summed E-state index contributed by atoms with van der Waals surface area (Å²) in [5.41, 5.74) is 1.44. The number of aromatic nitrogens is 3. The Kier molecular flexibility index (Phi) is 6.14. The monoisotopic (exact) mass is 523 g/mol. The van der Waals surface area contributed by atoms with Gasteiger partial charge in [-0.3, -0.25) is 9.78 Å². The number of rotatable bonds is 5. The summed E-state index contributed by atoms with van der Waals surface area (Å²) in [6, 6.07) is 6.38. The van der Waals surface area contributed by atoms with Crippen molar-refractivity contribution in [3.05, 3.63) is 64.3 Å². The lowest BCUT2D eigenvalue weighted by Crippen LogP contribution is -2.18. The first-order valence-corrected chi connectivity index (χ1v) is 11.8. The number of carbonyl (C=O) groups excluding carboxylic acids is 1. The molecule has 0 bridgehead atoms. The number of ketones is 1. The van der Waals surface area contributed by atoms with E-state index in [2.05, 4.69) is 31.0 Å². The predicted octanol–water partition coefficient (Wildman–Crippen LogP) is 5.64. The number of ether oxygens (including phenoxy) is 1. The highest BCUT2D eigenvalue weighted by Gasteiger charge is 2.24. The van der Waals surface area contributed by atoms with Gasteiger partial charge in [-0.15, -0.1) is 0 Å². The Hall–Kier alpha value is -3.17. The lowest BCUT2D eigenvalue weighted by atomic mass is 9.96. The highest BCUT2D eigenvalue weighted by atomic mass is 79.9. The molecule has 0 aliphatic carbocycles. The Morgan fingerprint density at radius 3 is 2.85 bits per heavy atom. The number of carbonyl (C=O) groups is 1. The van der Waals surface area contributed by atoms with Crippen LogP contribution in [0.3, 0.4) is 0 Å². The normalized spacial score (nSPS) is 16.5. The van der Waals surface area contributed by atoms with Gasteiger partial charge in [-0.05, 0) is 43.5 Å². The maximum atomic E-state index is 14.7. The molecule has 1 aliphatic heterocycles. The van der Waals surface area contributed by atoms with E-state index in [0.29, 0.717) is 28.8 Å². The Morgan fingerprint density at radius 2 is 2.09 bits per heavy atom. The zero-order chi connectivity index (χ0) is 23.8. The third-order valence-corrected chi connectivity index (χ3v) is 6.52. The van der Waals surface area contributed by atoms with Gasteiger partial charge in [-0.25, -0.2) is 14.1 Å². The summed E-state index contributed by atoms with van der Waals surface area (Å²) < 4.78 is 22.9. The van der Waals surface area contributed by atoms with Gasteiger partial charge in [0, 0.05) is 65.5 Å². The molecule has 1 atom stereocenters. The molecule has 0 radical (unpaired) electrons. The molecule has 1 fully saturated rings. The Morgan fingerprint density at radius 1 is 1.24 bits per heavy atom. The van der Waals surface area contributed by atoms with Crippen molar-refractivity contribution in [1.29, 1.82) is 0 Å². The lowest BCUT2D eigenvalue weighted by Gasteiger charge is -2.22. The molecule has 7 nitrogen and oxygen atoms in total. The first kappa shape index (κ1) is 22.6. The third-order valence-electron chi connectivity index (χ3n) is 5.86. The van der Waals surface area contributed by atoms with E-state index < -0.39 is 5.82 Å². The molecule has 174 valence electrons. The largest absolute Gasteiger partial charge is 0.369 e. The average Bonchev–Trinajstić information content (AvgIpc) is 3.30. The maximum absolute atomic E-state index is 14.7. The summed E-state index contributed by atoms with van der Waals surface area (Å²) >= 11 is 3.57. The van der Waals surface area contributed by atoms with E-state index in [4.69, 9.17) is 4.74 Å². The number of aliphatic imine (C=N–C) groups is 1. The topological polar surface area (TPSA) is 72.6 Å². The summed E-state index contributed by atoms with van der Waals surface area (Å²) in [7, 11) is 3.72. The molecule has 9 heteroatoms. The quantitative estimate of drug-likeness (QED) is 0.192. The molecule has 0 amide bonds. The van der Waals surface area contributed by atoms with Crippen molar-refractivity contribution in [1.82, 2.24) is 19.7 Å². The molecule has 1 unspecified atom stereocenters. The van der Waals surface area contributed by atoms with Crippen LogP contribution in [0.5, 0.6) is 0 Å². The molecule has 1 saturated heterocycles. The van der Waals surface area contributed by atoms with Crippen molar-refractivity contribution in [2.75, 3.05) is 20.7 Å². The van der Waals surface area contributed by atoms with E-state index in [1.165, 1.54) is 12.1 Å². The van der Waals surface area contributed by atoms with Crippen molar-refractivity contribution in [3.63, 3.8) is 0 Å². The molecule has 4 aromatic rings. The van der Waals surface area contributed by atoms with Crippen LogP contribution >= 0.6 is 15.9 Å². The Labute approximate surface area is 204 Å². The number of benzene rings is 2. The first-order chi connectivity index (χ1) is 16.4. The average molecular weight is 524 g/mol. The van der Waals surface area contributed by atoms with Crippen molar-refractivity contribution < 1.29 is 13.9 Å². The van der Waals surface area contributed by atoms with E-state index in [1.807, 2.05) is 20.2 Å². The van der Waals surface area contributed by atoms with Crippen molar-refractivity contribution in [2.45, 2.75) is 25.5 Å². The fraction of sp³-hybridized carbons (Fsp3) is 0.280. The Bertz CT molecular complexity index is 1430. The van der Waals surface area contributed by atoms with Gasteiger partial charge in [0.15, 0.2) is 11.6 Å². The number of pyridine rings is 1. The van der Waals surface area contributed by atoms with E-state index in [-0.39, 0.29) is 17.5 Å². The molecule has 2 aromatic carbocycles. The van der Waals surface area contributed by atoms with Gasteiger partial charge >= 0.3 is 0 Å². The predicted molar refractivity (Wildman–Crippen MR) is 133 cm³/mol. The van der Waals surface area contributed by atoms with E-state index >= 15 is 0 Å². The van der Waals surface area contributed by atoms with Crippen LogP contribution in [0.2, 0.25) is 0 Å². The number of fused-ring (bicyclic) bond motifs is 2. The molecular weight excluding hydrogens is 501 g/mol. The zero-order valence-corrected chi connectivity index (χ0v) is 20.4. The summed E-state index contributed by atoms with van der Waals surface area (Å²) in [6.45, 7) is 0.641. The number of halogens is 2. The van der Waals surface area contributed by atoms with Crippen LogP contribution in [-0.2, 0) is 4.74 Å². The number of nitrogens with zero attached hydrogens (tertiary/aromatic N) is 5. The van der Waals surface area contributed by atoms with Gasteiger partial charge in [0.05, 0.1) is 17.6 Å². The van der Waals surface area contributed by atoms with Crippen LogP contribution in [0.4, 0.5) is 10.1 Å². The second kappa shape index (κ2) is 9.23. The molecule has 0 saturated carbocycles. The maximum Gasteiger partial charge on any atom is 0.196 e. The van der Waals surface area contributed by atoms with E-state index in [1.54, 1.807) is 40.6 Å². The summed E-state index contributed by atoms with van der Waals surface area (Å²) in [6.07, 6.45) is 9.32. The van der Waals surface area contributed by atoms with Gasteiger partial charge in [0.2, 0.25) is 0 Å². The van der Waals surface area contributed by atoms with Gasteiger partial charge in [0.1, 0.15) is 11.7 Å². The van der Waals surface area contributed by atoms with Gasteiger partial charge in [-0.2, -0.15) is 5.10 Å². The minimum Gasteiger partial charge on any atom is -0.369 e. The number of hydrogen-bond donors (Lipinski definition) is 0. The first-order valence-electron chi connectivity index (χ1n) is 11.0. The van der Waals surface area contributed by atoms with E-state index in [0.717, 1.165) is 34.5 Å². The molecule has 1 aliphatic rings. The molecule has 2 aromatic heterocycles. The summed E-state index contributed by atoms with van der Waals surface area (Å²) in [5, 5.41) is 6.52.